The highest BCUT2D eigenvalue weighted by atomic mass is 16.5. The SMILES string of the molecule is C[C@@H]1CC[C@@]2(NC1)O[C@H]1C[C@H]3[C@@H]4CC[C@@H]5C[C@@H](NC(=O)CCN6CCN(C)CC6)CC[C@]5(C)[C@H]4CC[C@]3(C)[C@H]1[C@@H]2C. The second-order valence-corrected chi connectivity index (χ2v) is 16.8. The predicted molar refractivity (Wildman–Crippen MR) is 164 cm³/mol. The number of nitrogens with zero attached hydrogens (tertiary/aromatic N) is 2. The van der Waals surface area contributed by atoms with E-state index in [-0.39, 0.29) is 11.6 Å². The maximum absolute atomic E-state index is 12.9. The minimum Gasteiger partial charge on any atom is -0.357 e. The Balaban J connectivity index is 0.964. The van der Waals surface area contributed by atoms with E-state index in [1.807, 2.05) is 0 Å². The van der Waals surface area contributed by atoms with Crippen molar-refractivity contribution in [2.75, 3.05) is 46.3 Å². The minimum absolute atomic E-state index is 0.0520. The van der Waals surface area contributed by atoms with Gasteiger partial charge in [-0.05, 0) is 118 Å². The van der Waals surface area contributed by atoms with Gasteiger partial charge in [0.1, 0.15) is 5.72 Å². The number of nitrogens with one attached hydrogen (secondary N) is 2. The molecule has 3 heterocycles. The van der Waals surface area contributed by atoms with Gasteiger partial charge in [0.05, 0.1) is 6.10 Å². The summed E-state index contributed by atoms with van der Waals surface area (Å²) in [6, 6.07) is 0.389. The smallest absolute Gasteiger partial charge is 0.221 e. The van der Waals surface area contributed by atoms with Crippen LogP contribution in [0, 0.1) is 52.3 Å². The van der Waals surface area contributed by atoms with E-state index >= 15 is 0 Å². The van der Waals surface area contributed by atoms with E-state index < -0.39 is 0 Å². The zero-order valence-corrected chi connectivity index (χ0v) is 26.9. The Kier molecular flexibility index (Phi) is 7.60. The summed E-state index contributed by atoms with van der Waals surface area (Å²) in [6.45, 7) is 16.7. The molecular weight excluding hydrogens is 508 g/mol. The zero-order chi connectivity index (χ0) is 28.6. The fourth-order valence-electron chi connectivity index (χ4n) is 12.2. The number of piperazine rings is 1. The van der Waals surface area contributed by atoms with Crippen LogP contribution in [-0.4, -0.2) is 79.9 Å². The van der Waals surface area contributed by atoms with Gasteiger partial charge in [-0.1, -0.05) is 27.7 Å². The molecule has 3 saturated heterocycles. The third-order valence-corrected chi connectivity index (χ3v) is 14.8. The molecule has 0 aromatic carbocycles. The number of ether oxygens (including phenoxy) is 1. The molecule has 6 nitrogen and oxygen atoms in total. The van der Waals surface area contributed by atoms with Crippen molar-refractivity contribution >= 4 is 5.91 Å². The average molecular weight is 569 g/mol. The van der Waals surface area contributed by atoms with Crippen LogP contribution in [0.3, 0.4) is 0 Å². The normalized spacial score (nSPS) is 52.0. The van der Waals surface area contributed by atoms with Crippen LogP contribution in [0.1, 0.15) is 98.3 Å². The van der Waals surface area contributed by atoms with E-state index in [4.69, 9.17) is 4.74 Å². The van der Waals surface area contributed by atoms with Gasteiger partial charge in [0, 0.05) is 57.6 Å². The highest BCUT2D eigenvalue weighted by molar-refractivity contribution is 5.76. The highest BCUT2D eigenvalue weighted by Gasteiger charge is 2.68. The first-order valence-corrected chi connectivity index (χ1v) is 17.7. The largest absolute Gasteiger partial charge is 0.357 e. The highest BCUT2D eigenvalue weighted by Crippen LogP contribution is 2.71. The van der Waals surface area contributed by atoms with Gasteiger partial charge in [-0.15, -0.1) is 0 Å². The molecule has 3 aliphatic heterocycles. The lowest BCUT2D eigenvalue weighted by atomic mass is 9.44. The summed E-state index contributed by atoms with van der Waals surface area (Å²) < 4.78 is 7.10. The lowest BCUT2D eigenvalue weighted by Crippen LogP contribution is -2.58. The Morgan fingerprint density at radius 3 is 2.46 bits per heavy atom. The summed E-state index contributed by atoms with van der Waals surface area (Å²) in [5, 5.41) is 7.42. The fraction of sp³-hybridized carbons (Fsp3) is 0.971. The first-order valence-electron chi connectivity index (χ1n) is 17.7. The quantitative estimate of drug-likeness (QED) is 0.493. The molecule has 4 aliphatic carbocycles. The number of amides is 1. The second kappa shape index (κ2) is 10.7. The topological polar surface area (TPSA) is 56.8 Å². The Hall–Kier alpha value is -0.690. The van der Waals surface area contributed by atoms with Gasteiger partial charge in [0.25, 0.3) is 0 Å². The number of rotatable bonds is 4. The molecule has 41 heavy (non-hydrogen) atoms. The van der Waals surface area contributed by atoms with Crippen LogP contribution in [0.15, 0.2) is 0 Å². The van der Waals surface area contributed by atoms with Crippen molar-refractivity contribution in [2.45, 2.75) is 116 Å². The van der Waals surface area contributed by atoms with Crippen LogP contribution in [0.5, 0.6) is 0 Å². The van der Waals surface area contributed by atoms with Crippen molar-refractivity contribution in [3.05, 3.63) is 0 Å². The van der Waals surface area contributed by atoms with Gasteiger partial charge in [-0.2, -0.15) is 0 Å². The summed E-state index contributed by atoms with van der Waals surface area (Å²) in [5.74, 6) is 5.75. The molecule has 7 rings (SSSR count). The molecule has 0 aromatic rings. The van der Waals surface area contributed by atoms with Gasteiger partial charge in [-0.25, -0.2) is 0 Å². The average Bonchev–Trinajstić information content (AvgIpc) is 3.40. The monoisotopic (exact) mass is 568 g/mol. The zero-order valence-electron chi connectivity index (χ0n) is 26.9. The number of fused-ring (bicyclic) bond motifs is 7. The van der Waals surface area contributed by atoms with E-state index in [2.05, 4.69) is 55.2 Å². The molecule has 2 N–H and O–H groups in total. The van der Waals surface area contributed by atoms with Crippen LogP contribution in [0.4, 0.5) is 0 Å². The van der Waals surface area contributed by atoms with Gasteiger partial charge >= 0.3 is 0 Å². The molecule has 4 saturated carbocycles. The standard InChI is InChI=1S/C35H60N4O2/c1-23-8-14-35(36-22-23)24(2)32-30(41-35)21-29-27-7-6-25-20-26(9-12-33(25,3)28(27)10-13-34(29,32)4)37-31(40)11-15-39-18-16-38(5)17-19-39/h23-30,32,36H,6-22H2,1-5H3,(H,37,40)/t23-,24+,25-,26+,27-,28+,29+,30+,32+,33+,34+,35-/m1/s1. The first-order chi connectivity index (χ1) is 19.6. The molecule has 12 atom stereocenters. The molecule has 7 fully saturated rings. The molecule has 0 unspecified atom stereocenters. The van der Waals surface area contributed by atoms with Gasteiger partial charge in [-0.3, -0.25) is 10.1 Å². The molecule has 0 bridgehead atoms. The van der Waals surface area contributed by atoms with Crippen LogP contribution in [-0.2, 0) is 9.53 Å². The van der Waals surface area contributed by atoms with Gasteiger partial charge in [0.2, 0.25) is 5.91 Å². The number of hydrogen-bond donors (Lipinski definition) is 2. The van der Waals surface area contributed by atoms with Crippen LogP contribution in [0.25, 0.3) is 0 Å². The van der Waals surface area contributed by atoms with E-state index in [1.165, 1.54) is 64.2 Å². The van der Waals surface area contributed by atoms with Crippen molar-refractivity contribution in [3.63, 3.8) is 0 Å². The van der Waals surface area contributed by atoms with Crippen molar-refractivity contribution in [1.82, 2.24) is 20.4 Å². The Morgan fingerprint density at radius 2 is 1.71 bits per heavy atom. The summed E-state index contributed by atoms with van der Waals surface area (Å²) in [5.41, 5.74) is 0.846. The van der Waals surface area contributed by atoms with Crippen molar-refractivity contribution in [2.24, 2.45) is 52.3 Å². The Bertz CT molecular complexity index is 973. The summed E-state index contributed by atoms with van der Waals surface area (Å²) in [6.07, 6.45) is 14.2. The van der Waals surface area contributed by atoms with E-state index in [0.29, 0.717) is 35.3 Å². The van der Waals surface area contributed by atoms with Gasteiger partial charge < -0.3 is 19.9 Å². The predicted octanol–water partition coefficient (Wildman–Crippen LogP) is 5.13. The molecule has 7 aliphatic rings. The molecule has 1 amide bonds. The molecule has 6 heteroatoms. The van der Waals surface area contributed by atoms with Crippen LogP contribution < -0.4 is 10.6 Å². The Labute approximate surface area is 250 Å². The van der Waals surface area contributed by atoms with Crippen molar-refractivity contribution < 1.29 is 9.53 Å². The van der Waals surface area contributed by atoms with Crippen molar-refractivity contribution in [1.29, 1.82) is 0 Å². The van der Waals surface area contributed by atoms with Crippen LogP contribution >= 0.6 is 0 Å². The number of piperidine rings is 1. The molecule has 232 valence electrons. The van der Waals surface area contributed by atoms with E-state index in [0.717, 1.165) is 74.8 Å². The lowest BCUT2D eigenvalue weighted by molar-refractivity contribution is -0.136. The van der Waals surface area contributed by atoms with E-state index in [1.54, 1.807) is 0 Å². The molecule has 0 aromatic heterocycles. The summed E-state index contributed by atoms with van der Waals surface area (Å²) >= 11 is 0. The number of carbonyl (C=O) groups excluding carboxylic acids is 1. The Morgan fingerprint density at radius 1 is 0.927 bits per heavy atom. The van der Waals surface area contributed by atoms with Crippen LogP contribution in [0.2, 0.25) is 0 Å². The van der Waals surface area contributed by atoms with Crippen molar-refractivity contribution in [3.8, 4) is 0 Å². The molecule has 0 radical (unpaired) electrons. The number of likely N-dealkylation sites (N-methyl/N-ethyl adjacent to an activating group) is 1. The molecular formula is C35H60N4O2. The maximum Gasteiger partial charge on any atom is 0.221 e. The summed E-state index contributed by atoms with van der Waals surface area (Å²) in [4.78, 5) is 17.8. The summed E-state index contributed by atoms with van der Waals surface area (Å²) in [7, 11) is 2.19. The molecule has 1 spiro atoms. The van der Waals surface area contributed by atoms with E-state index in [9.17, 15) is 4.79 Å². The maximum atomic E-state index is 12.9. The number of hydrogen-bond acceptors (Lipinski definition) is 5. The minimum atomic E-state index is -0.0520. The first kappa shape index (κ1) is 29.0. The lowest BCUT2D eigenvalue weighted by Gasteiger charge is -2.61. The second-order valence-electron chi connectivity index (χ2n) is 16.8. The third-order valence-electron chi connectivity index (χ3n) is 14.8. The fourth-order valence-corrected chi connectivity index (χ4v) is 12.2. The number of carbonyl (C=O) groups is 1. The third kappa shape index (κ3) is 4.84. The van der Waals surface area contributed by atoms with Gasteiger partial charge in [0.15, 0.2) is 0 Å².